The zero-order valence-electron chi connectivity index (χ0n) is 11.2. The van der Waals surface area contributed by atoms with Gasteiger partial charge < -0.3 is 10.2 Å². The molecule has 2 aliphatic rings. The topological polar surface area (TPSA) is 35.6 Å². The molecule has 2 heterocycles. The van der Waals surface area contributed by atoms with Gasteiger partial charge in [0, 0.05) is 39.1 Å². The standard InChI is InChI=1S/C14H23N3O/c1-2-3-4-9-16-10-5-6-13(16)14(18)17-11-7-15-8-12-17/h13,15H,4-12H2,1H3. The monoisotopic (exact) mass is 249 g/mol. The molecule has 0 aliphatic carbocycles. The fourth-order valence-corrected chi connectivity index (χ4v) is 2.79. The summed E-state index contributed by atoms with van der Waals surface area (Å²) < 4.78 is 0. The Kier molecular flexibility index (Phi) is 5.03. The van der Waals surface area contributed by atoms with Crippen molar-refractivity contribution in [3.05, 3.63) is 0 Å². The van der Waals surface area contributed by atoms with E-state index in [9.17, 15) is 4.79 Å². The molecular formula is C14H23N3O. The molecule has 2 rings (SSSR count). The van der Waals surface area contributed by atoms with Crippen LogP contribution in [0.3, 0.4) is 0 Å². The Morgan fingerprint density at radius 3 is 2.83 bits per heavy atom. The van der Waals surface area contributed by atoms with E-state index in [1.54, 1.807) is 0 Å². The van der Waals surface area contributed by atoms with Gasteiger partial charge in [0.05, 0.1) is 6.04 Å². The lowest BCUT2D eigenvalue weighted by atomic mass is 10.1. The average molecular weight is 249 g/mol. The smallest absolute Gasteiger partial charge is 0.240 e. The van der Waals surface area contributed by atoms with Crippen LogP contribution in [0.2, 0.25) is 0 Å². The first kappa shape index (κ1) is 13.4. The number of rotatable bonds is 3. The predicted octanol–water partition coefficient (Wildman–Crippen LogP) is 0.296. The van der Waals surface area contributed by atoms with Crippen molar-refractivity contribution in [2.45, 2.75) is 32.2 Å². The average Bonchev–Trinajstić information content (AvgIpc) is 2.88. The lowest BCUT2D eigenvalue weighted by Crippen LogP contribution is -2.52. The SMILES string of the molecule is CC#CCCN1CCCC1C(=O)N1CCNCC1. The molecule has 0 aromatic carbocycles. The summed E-state index contributed by atoms with van der Waals surface area (Å²) in [6.45, 7) is 7.43. The highest BCUT2D eigenvalue weighted by Gasteiger charge is 2.33. The minimum absolute atomic E-state index is 0.113. The Bertz CT molecular complexity index is 339. The zero-order valence-corrected chi connectivity index (χ0v) is 11.2. The van der Waals surface area contributed by atoms with Crippen LogP contribution in [0.5, 0.6) is 0 Å². The van der Waals surface area contributed by atoms with Crippen molar-refractivity contribution in [2.75, 3.05) is 39.3 Å². The number of likely N-dealkylation sites (tertiary alicyclic amines) is 1. The van der Waals surface area contributed by atoms with Gasteiger partial charge >= 0.3 is 0 Å². The molecule has 0 aromatic rings. The fraction of sp³-hybridized carbons (Fsp3) is 0.786. The number of nitrogens with zero attached hydrogens (tertiary/aromatic N) is 2. The summed E-state index contributed by atoms with van der Waals surface area (Å²) in [5, 5.41) is 3.29. The van der Waals surface area contributed by atoms with E-state index < -0.39 is 0 Å². The maximum Gasteiger partial charge on any atom is 0.240 e. The van der Waals surface area contributed by atoms with E-state index in [1.807, 2.05) is 11.8 Å². The molecular weight excluding hydrogens is 226 g/mol. The van der Waals surface area contributed by atoms with Gasteiger partial charge in [0.15, 0.2) is 0 Å². The highest BCUT2D eigenvalue weighted by atomic mass is 16.2. The number of hydrogen-bond donors (Lipinski definition) is 1. The lowest BCUT2D eigenvalue weighted by Gasteiger charge is -2.32. The molecule has 1 atom stereocenters. The van der Waals surface area contributed by atoms with Crippen LogP contribution in [0.25, 0.3) is 0 Å². The van der Waals surface area contributed by atoms with Crippen LogP contribution < -0.4 is 5.32 Å². The van der Waals surface area contributed by atoms with Crippen molar-refractivity contribution in [1.82, 2.24) is 15.1 Å². The van der Waals surface area contributed by atoms with E-state index in [-0.39, 0.29) is 6.04 Å². The highest BCUT2D eigenvalue weighted by Crippen LogP contribution is 2.19. The van der Waals surface area contributed by atoms with Gasteiger partial charge in [-0.15, -0.1) is 11.8 Å². The zero-order chi connectivity index (χ0) is 12.8. The molecule has 0 saturated carbocycles. The molecule has 0 spiro atoms. The summed E-state index contributed by atoms with van der Waals surface area (Å²) in [6, 6.07) is 0.113. The molecule has 1 unspecified atom stereocenters. The van der Waals surface area contributed by atoms with Crippen molar-refractivity contribution < 1.29 is 4.79 Å². The van der Waals surface area contributed by atoms with E-state index in [1.165, 1.54) is 0 Å². The largest absolute Gasteiger partial charge is 0.339 e. The van der Waals surface area contributed by atoms with Gasteiger partial charge in [0.1, 0.15) is 0 Å². The molecule has 0 radical (unpaired) electrons. The highest BCUT2D eigenvalue weighted by molar-refractivity contribution is 5.82. The first-order chi connectivity index (χ1) is 8.83. The lowest BCUT2D eigenvalue weighted by molar-refractivity contribution is -0.136. The van der Waals surface area contributed by atoms with Crippen molar-refractivity contribution in [2.24, 2.45) is 0 Å². The molecule has 1 N–H and O–H groups in total. The third-order valence-corrected chi connectivity index (χ3v) is 3.78. The number of piperazine rings is 1. The number of carbonyl (C=O) groups is 1. The summed E-state index contributed by atoms with van der Waals surface area (Å²) in [5.74, 6) is 6.34. The van der Waals surface area contributed by atoms with Gasteiger partial charge in [-0.2, -0.15) is 0 Å². The van der Waals surface area contributed by atoms with Crippen molar-refractivity contribution in [3.63, 3.8) is 0 Å². The first-order valence-electron chi connectivity index (χ1n) is 6.96. The Morgan fingerprint density at radius 2 is 2.11 bits per heavy atom. The van der Waals surface area contributed by atoms with Crippen LogP contribution in [0, 0.1) is 11.8 Å². The maximum atomic E-state index is 12.5. The second kappa shape index (κ2) is 6.77. The fourth-order valence-electron chi connectivity index (χ4n) is 2.79. The molecule has 18 heavy (non-hydrogen) atoms. The first-order valence-corrected chi connectivity index (χ1v) is 6.96. The van der Waals surface area contributed by atoms with Crippen LogP contribution in [0.4, 0.5) is 0 Å². The summed E-state index contributed by atoms with van der Waals surface area (Å²) in [5.41, 5.74) is 0. The Morgan fingerprint density at radius 1 is 1.33 bits per heavy atom. The Balaban J connectivity index is 1.88. The van der Waals surface area contributed by atoms with Crippen molar-refractivity contribution in [1.29, 1.82) is 0 Å². The Hall–Kier alpha value is -1.05. The molecule has 2 fully saturated rings. The number of nitrogens with one attached hydrogen (secondary N) is 1. The summed E-state index contributed by atoms with van der Waals surface area (Å²) in [6.07, 6.45) is 3.03. The van der Waals surface area contributed by atoms with E-state index in [2.05, 4.69) is 22.1 Å². The third kappa shape index (κ3) is 3.24. The van der Waals surface area contributed by atoms with Crippen molar-refractivity contribution in [3.8, 4) is 11.8 Å². The normalized spacial score (nSPS) is 24.7. The van der Waals surface area contributed by atoms with Crippen LogP contribution in [0.15, 0.2) is 0 Å². The van der Waals surface area contributed by atoms with Gasteiger partial charge in [-0.3, -0.25) is 9.69 Å². The summed E-state index contributed by atoms with van der Waals surface area (Å²) >= 11 is 0. The van der Waals surface area contributed by atoms with Crippen LogP contribution in [-0.4, -0.2) is 61.0 Å². The molecule has 4 heteroatoms. The third-order valence-electron chi connectivity index (χ3n) is 3.78. The van der Waals surface area contributed by atoms with Gasteiger partial charge in [-0.25, -0.2) is 0 Å². The van der Waals surface area contributed by atoms with Crippen LogP contribution in [0.1, 0.15) is 26.2 Å². The quantitative estimate of drug-likeness (QED) is 0.731. The number of hydrogen-bond acceptors (Lipinski definition) is 3. The minimum Gasteiger partial charge on any atom is -0.339 e. The van der Waals surface area contributed by atoms with Gasteiger partial charge in [0.25, 0.3) is 0 Å². The summed E-state index contributed by atoms with van der Waals surface area (Å²) in [4.78, 5) is 16.8. The van der Waals surface area contributed by atoms with Crippen molar-refractivity contribution >= 4 is 5.91 Å². The van der Waals surface area contributed by atoms with Crippen LogP contribution >= 0.6 is 0 Å². The molecule has 4 nitrogen and oxygen atoms in total. The van der Waals surface area contributed by atoms with Crippen LogP contribution in [-0.2, 0) is 4.79 Å². The molecule has 2 saturated heterocycles. The van der Waals surface area contributed by atoms with Gasteiger partial charge in [-0.05, 0) is 26.3 Å². The Labute approximate surface area is 110 Å². The molecule has 0 aromatic heterocycles. The molecule has 100 valence electrons. The second-order valence-corrected chi connectivity index (χ2v) is 4.95. The summed E-state index contributed by atoms with van der Waals surface area (Å²) in [7, 11) is 0. The molecule has 0 bridgehead atoms. The minimum atomic E-state index is 0.113. The van der Waals surface area contributed by atoms with E-state index in [4.69, 9.17) is 0 Å². The second-order valence-electron chi connectivity index (χ2n) is 4.95. The van der Waals surface area contributed by atoms with Gasteiger partial charge in [0.2, 0.25) is 5.91 Å². The van der Waals surface area contributed by atoms with E-state index in [0.29, 0.717) is 5.91 Å². The van der Waals surface area contributed by atoms with E-state index >= 15 is 0 Å². The number of carbonyl (C=O) groups excluding carboxylic acids is 1. The van der Waals surface area contributed by atoms with Gasteiger partial charge in [-0.1, -0.05) is 0 Å². The maximum absolute atomic E-state index is 12.5. The number of amides is 1. The molecule has 1 amide bonds. The van der Waals surface area contributed by atoms with E-state index in [0.717, 1.165) is 58.5 Å². The molecule has 2 aliphatic heterocycles. The predicted molar refractivity (Wildman–Crippen MR) is 72.1 cm³/mol.